The average molecular weight is 416 g/mol. The largest absolute Gasteiger partial charge is 0.351 e. The average Bonchev–Trinajstić information content (AvgIpc) is 3.42. The highest BCUT2D eigenvalue weighted by Gasteiger charge is 2.28. The summed E-state index contributed by atoms with van der Waals surface area (Å²) < 4.78 is 25.3. The lowest BCUT2D eigenvalue weighted by Crippen LogP contribution is -2.30. The van der Waals surface area contributed by atoms with Crippen LogP contribution < -0.4 is 5.32 Å². The summed E-state index contributed by atoms with van der Waals surface area (Å²) in [6.07, 6.45) is 6.40. The highest BCUT2D eigenvalue weighted by Crippen LogP contribution is 2.38. The van der Waals surface area contributed by atoms with Crippen molar-refractivity contribution in [3.63, 3.8) is 0 Å². The molecular weight excluding hydrogens is 395 g/mol. The molecule has 1 atom stereocenters. The first-order chi connectivity index (χ1) is 12.8. The van der Waals surface area contributed by atoms with Gasteiger partial charge >= 0.3 is 0 Å². The number of halogens is 4. The third kappa shape index (κ3) is 6.40. The molecular formula is C19H21Cl2F2N3O. The Kier molecular flexibility index (Phi) is 7.92. The van der Waals surface area contributed by atoms with Gasteiger partial charge < -0.3 is 5.32 Å². The van der Waals surface area contributed by atoms with Crippen molar-refractivity contribution in [1.29, 1.82) is 0 Å². The van der Waals surface area contributed by atoms with Crippen LogP contribution in [0.2, 0.25) is 0 Å². The molecule has 1 aliphatic rings. The molecule has 146 valence electrons. The molecule has 1 fully saturated rings. The quantitative estimate of drug-likeness (QED) is 0.443. The summed E-state index contributed by atoms with van der Waals surface area (Å²) in [6, 6.07) is 0. The zero-order valence-corrected chi connectivity index (χ0v) is 16.4. The van der Waals surface area contributed by atoms with Crippen LogP contribution in [-0.2, 0) is 4.79 Å². The monoisotopic (exact) mass is 415 g/mol. The van der Waals surface area contributed by atoms with E-state index >= 15 is 0 Å². The zero-order valence-electron chi connectivity index (χ0n) is 14.9. The van der Waals surface area contributed by atoms with E-state index in [1.807, 2.05) is 0 Å². The normalized spacial score (nSPS) is 16.4. The van der Waals surface area contributed by atoms with Crippen molar-refractivity contribution in [3.8, 4) is 0 Å². The third-order valence-corrected chi connectivity index (χ3v) is 4.74. The smallest absolute Gasteiger partial charge is 0.297 e. The van der Waals surface area contributed by atoms with Crippen molar-refractivity contribution in [2.45, 2.75) is 38.5 Å². The second-order valence-electron chi connectivity index (χ2n) is 6.39. The Morgan fingerprint density at radius 3 is 2.48 bits per heavy atom. The minimum absolute atomic E-state index is 0.0407. The Balaban J connectivity index is 2.12. The highest BCUT2D eigenvalue weighted by atomic mass is 35.5. The van der Waals surface area contributed by atoms with Crippen molar-refractivity contribution >= 4 is 29.1 Å². The minimum Gasteiger partial charge on any atom is -0.351 e. The Bertz CT molecular complexity index is 744. The maximum absolute atomic E-state index is 12.7. The summed E-state index contributed by atoms with van der Waals surface area (Å²) in [5, 5.41) is 3.04. The maximum Gasteiger partial charge on any atom is 0.297 e. The standard InChI is InChI=1S/C19H21Cl2F2N3O/c1-3-4-15(21)16(11(2)20)19(27)26-8-13(7-12-5-6-12)14-9-24-18(17(22)23)25-10-14/h3-4,9-10,12-13,17H,2,5-8H2,1H3,(H,26,27)/b4-3-,16-15-. The van der Waals surface area contributed by atoms with Gasteiger partial charge in [0.1, 0.15) is 0 Å². The van der Waals surface area contributed by atoms with Gasteiger partial charge in [-0.15, -0.1) is 0 Å². The van der Waals surface area contributed by atoms with Crippen molar-refractivity contribution in [3.05, 3.63) is 58.2 Å². The molecule has 1 N–H and O–H groups in total. The van der Waals surface area contributed by atoms with Crippen LogP contribution in [0.4, 0.5) is 8.78 Å². The van der Waals surface area contributed by atoms with Crippen LogP contribution >= 0.6 is 23.2 Å². The molecule has 0 aliphatic heterocycles. The van der Waals surface area contributed by atoms with Crippen LogP contribution in [0, 0.1) is 5.92 Å². The van der Waals surface area contributed by atoms with Gasteiger partial charge in [-0.25, -0.2) is 18.7 Å². The van der Waals surface area contributed by atoms with Crippen molar-refractivity contribution in [2.75, 3.05) is 6.54 Å². The van der Waals surface area contributed by atoms with E-state index in [1.54, 1.807) is 19.1 Å². The molecule has 1 amide bonds. The molecule has 1 aromatic heterocycles. The number of rotatable bonds is 9. The first-order valence-electron chi connectivity index (χ1n) is 8.58. The molecule has 1 unspecified atom stereocenters. The lowest BCUT2D eigenvalue weighted by atomic mass is 9.95. The van der Waals surface area contributed by atoms with Gasteiger partial charge in [-0.05, 0) is 30.9 Å². The summed E-state index contributed by atoms with van der Waals surface area (Å²) >= 11 is 12.0. The fourth-order valence-corrected chi connectivity index (χ4v) is 3.22. The van der Waals surface area contributed by atoms with Crippen molar-refractivity contribution in [1.82, 2.24) is 15.3 Å². The van der Waals surface area contributed by atoms with Crippen LogP contribution in [0.5, 0.6) is 0 Å². The Hall–Kier alpha value is -1.79. The summed E-state index contributed by atoms with van der Waals surface area (Å²) in [4.78, 5) is 20.0. The second kappa shape index (κ2) is 9.95. The number of nitrogens with one attached hydrogen (secondary N) is 1. The molecule has 1 aliphatic carbocycles. The van der Waals surface area contributed by atoms with E-state index < -0.39 is 18.2 Å². The van der Waals surface area contributed by atoms with Crippen molar-refractivity contribution < 1.29 is 13.6 Å². The number of nitrogens with zero attached hydrogens (tertiary/aromatic N) is 2. The number of hydrogen-bond acceptors (Lipinski definition) is 3. The predicted octanol–water partition coefficient (Wildman–Crippen LogP) is 5.24. The van der Waals surface area contributed by atoms with E-state index in [1.165, 1.54) is 12.4 Å². The molecule has 2 rings (SSSR count). The van der Waals surface area contributed by atoms with Gasteiger partial charge in [-0.2, -0.15) is 0 Å². The van der Waals surface area contributed by atoms with E-state index in [0.29, 0.717) is 18.0 Å². The number of allylic oxidation sites excluding steroid dienone is 3. The molecule has 27 heavy (non-hydrogen) atoms. The van der Waals surface area contributed by atoms with Crippen LogP contribution in [0.15, 0.2) is 46.8 Å². The van der Waals surface area contributed by atoms with Gasteiger partial charge in [0.15, 0.2) is 5.82 Å². The fourth-order valence-electron chi connectivity index (χ4n) is 2.66. The van der Waals surface area contributed by atoms with Crippen LogP contribution in [0.1, 0.15) is 49.9 Å². The van der Waals surface area contributed by atoms with E-state index in [0.717, 1.165) is 19.3 Å². The number of alkyl halides is 2. The lowest BCUT2D eigenvalue weighted by molar-refractivity contribution is -0.117. The lowest BCUT2D eigenvalue weighted by Gasteiger charge is -2.18. The minimum atomic E-state index is -2.71. The number of aromatic nitrogens is 2. The van der Waals surface area contributed by atoms with E-state index in [2.05, 4.69) is 21.9 Å². The van der Waals surface area contributed by atoms with E-state index in [9.17, 15) is 13.6 Å². The topological polar surface area (TPSA) is 54.9 Å². The van der Waals surface area contributed by atoms with Gasteiger partial charge in [0, 0.05) is 29.9 Å². The summed E-state index contributed by atoms with van der Waals surface area (Å²) in [5.41, 5.74) is 0.812. The first-order valence-corrected chi connectivity index (χ1v) is 9.34. The number of carbonyl (C=O) groups excluding carboxylic acids is 1. The molecule has 0 saturated heterocycles. The highest BCUT2D eigenvalue weighted by molar-refractivity contribution is 6.40. The Morgan fingerprint density at radius 2 is 2.00 bits per heavy atom. The van der Waals surface area contributed by atoms with Gasteiger partial charge in [-0.1, -0.05) is 48.7 Å². The first kappa shape index (κ1) is 21.5. The van der Waals surface area contributed by atoms with Gasteiger partial charge in [0.25, 0.3) is 12.3 Å². The van der Waals surface area contributed by atoms with Crippen LogP contribution in [0.3, 0.4) is 0 Å². The second-order valence-corrected chi connectivity index (χ2v) is 7.25. The molecule has 0 spiro atoms. The van der Waals surface area contributed by atoms with Crippen LogP contribution in [-0.4, -0.2) is 22.4 Å². The number of hydrogen-bond donors (Lipinski definition) is 1. The third-order valence-electron chi connectivity index (χ3n) is 4.23. The molecule has 0 bridgehead atoms. The summed E-state index contributed by atoms with van der Waals surface area (Å²) in [6.45, 7) is 5.65. The molecule has 8 heteroatoms. The molecule has 4 nitrogen and oxygen atoms in total. The van der Waals surface area contributed by atoms with Crippen molar-refractivity contribution in [2.24, 2.45) is 5.92 Å². The van der Waals surface area contributed by atoms with E-state index in [-0.39, 0.29) is 21.6 Å². The van der Waals surface area contributed by atoms with Gasteiger partial charge in [0.05, 0.1) is 10.6 Å². The molecule has 1 heterocycles. The number of amides is 1. The summed E-state index contributed by atoms with van der Waals surface area (Å²) in [5.74, 6) is -0.469. The predicted molar refractivity (Wildman–Crippen MR) is 103 cm³/mol. The number of carbonyl (C=O) groups is 1. The Morgan fingerprint density at radius 1 is 1.37 bits per heavy atom. The molecule has 1 saturated carbocycles. The fraction of sp³-hybridized carbons (Fsp3) is 0.421. The Labute approximate surface area is 167 Å². The molecule has 0 aromatic carbocycles. The van der Waals surface area contributed by atoms with E-state index in [4.69, 9.17) is 23.2 Å². The SMILES string of the molecule is C=C(Cl)/C(C(=O)NCC(CC1CC1)c1cnc(C(F)F)nc1)=C(Cl)\C=C/C. The van der Waals surface area contributed by atoms with Crippen LogP contribution in [0.25, 0.3) is 0 Å². The molecule has 0 radical (unpaired) electrons. The van der Waals surface area contributed by atoms with Gasteiger partial charge in [0.2, 0.25) is 0 Å². The van der Waals surface area contributed by atoms with Gasteiger partial charge in [-0.3, -0.25) is 4.79 Å². The molecule has 1 aromatic rings. The summed E-state index contributed by atoms with van der Waals surface area (Å²) in [7, 11) is 0. The maximum atomic E-state index is 12.7. The zero-order chi connectivity index (χ0) is 20.0.